The first-order valence-corrected chi connectivity index (χ1v) is 7.73. The summed E-state index contributed by atoms with van der Waals surface area (Å²) in [6, 6.07) is 1.32. The van der Waals surface area contributed by atoms with E-state index in [1.54, 1.807) is 0 Å². The first-order chi connectivity index (χ1) is 9.06. The highest BCUT2D eigenvalue weighted by molar-refractivity contribution is 4.91. The molecule has 2 rings (SSSR count). The van der Waals surface area contributed by atoms with Crippen LogP contribution in [0.25, 0.3) is 0 Å². The van der Waals surface area contributed by atoms with E-state index in [0.717, 1.165) is 19.8 Å². The summed E-state index contributed by atoms with van der Waals surface area (Å²) in [5.74, 6) is 0. The number of hydrogen-bond donors (Lipinski definition) is 1. The van der Waals surface area contributed by atoms with E-state index in [4.69, 9.17) is 4.74 Å². The number of nitrogens with one attached hydrogen (secondary N) is 1. The van der Waals surface area contributed by atoms with Crippen molar-refractivity contribution in [1.82, 2.24) is 15.1 Å². The average molecular weight is 269 g/mol. The molecule has 19 heavy (non-hydrogen) atoms. The molecule has 2 saturated heterocycles. The summed E-state index contributed by atoms with van der Waals surface area (Å²) in [4.78, 5) is 5.18. The molecule has 112 valence electrons. The average Bonchev–Trinajstić information content (AvgIpc) is 2.37. The van der Waals surface area contributed by atoms with Gasteiger partial charge in [0.05, 0.1) is 0 Å². The molecule has 2 aliphatic heterocycles. The molecule has 0 aromatic carbocycles. The van der Waals surface area contributed by atoms with Crippen LogP contribution in [0.2, 0.25) is 0 Å². The standard InChI is InChI=1S/C15H31N3O/c1-13-9-18(10-14(2)17(13)4)12-15(11-16-3)5-7-19-8-6-15/h13-14,16H,5-12H2,1-4H3. The molecule has 2 fully saturated rings. The molecule has 0 spiro atoms. The van der Waals surface area contributed by atoms with Crippen LogP contribution in [0.15, 0.2) is 0 Å². The first-order valence-electron chi connectivity index (χ1n) is 7.73. The monoisotopic (exact) mass is 269 g/mol. The van der Waals surface area contributed by atoms with E-state index in [1.165, 1.54) is 32.5 Å². The van der Waals surface area contributed by atoms with Crippen LogP contribution in [-0.2, 0) is 4.74 Å². The zero-order chi connectivity index (χ0) is 13.9. The van der Waals surface area contributed by atoms with Crippen molar-refractivity contribution in [1.29, 1.82) is 0 Å². The lowest BCUT2D eigenvalue weighted by atomic mass is 9.79. The normalized spacial score (nSPS) is 33.5. The Balaban J connectivity index is 1.97. The molecule has 2 aliphatic rings. The first kappa shape index (κ1) is 15.2. The molecular formula is C15H31N3O. The van der Waals surface area contributed by atoms with Gasteiger partial charge in [0.25, 0.3) is 0 Å². The van der Waals surface area contributed by atoms with E-state index < -0.39 is 0 Å². The Morgan fingerprint density at radius 2 is 1.74 bits per heavy atom. The van der Waals surface area contributed by atoms with Crippen molar-refractivity contribution in [2.75, 3.05) is 53.5 Å². The number of nitrogens with zero attached hydrogens (tertiary/aromatic N) is 2. The van der Waals surface area contributed by atoms with Crippen molar-refractivity contribution in [2.24, 2.45) is 5.41 Å². The minimum Gasteiger partial charge on any atom is -0.381 e. The topological polar surface area (TPSA) is 27.7 Å². The van der Waals surface area contributed by atoms with Gasteiger partial charge in [-0.1, -0.05) is 0 Å². The quantitative estimate of drug-likeness (QED) is 0.825. The lowest BCUT2D eigenvalue weighted by Crippen LogP contribution is -2.58. The highest BCUT2D eigenvalue weighted by Gasteiger charge is 2.36. The summed E-state index contributed by atoms with van der Waals surface area (Å²) >= 11 is 0. The van der Waals surface area contributed by atoms with Crippen LogP contribution in [0.5, 0.6) is 0 Å². The maximum atomic E-state index is 5.57. The third-order valence-electron chi connectivity index (χ3n) is 5.10. The van der Waals surface area contributed by atoms with E-state index in [1.807, 2.05) is 0 Å². The zero-order valence-electron chi connectivity index (χ0n) is 13.1. The summed E-state index contributed by atoms with van der Waals surface area (Å²) in [7, 11) is 4.33. The molecule has 4 nitrogen and oxygen atoms in total. The predicted molar refractivity (Wildman–Crippen MR) is 79.5 cm³/mol. The Kier molecular flexibility index (Phi) is 5.23. The van der Waals surface area contributed by atoms with Gasteiger partial charge in [0.1, 0.15) is 0 Å². The summed E-state index contributed by atoms with van der Waals surface area (Å²) in [6.45, 7) is 11.3. The largest absolute Gasteiger partial charge is 0.381 e. The minimum atomic E-state index is 0.419. The highest BCUT2D eigenvalue weighted by Crippen LogP contribution is 2.32. The van der Waals surface area contributed by atoms with Crippen molar-refractivity contribution in [3.05, 3.63) is 0 Å². The maximum Gasteiger partial charge on any atom is 0.0472 e. The second-order valence-electron chi connectivity index (χ2n) is 6.70. The van der Waals surface area contributed by atoms with Crippen molar-refractivity contribution in [3.63, 3.8) is 0 Å². The van der Waals surface area contributed by atoms with Crippen molar-refractivity contribution in [2.45, 2.75) is 38.8 Å². The third kappa shape index (κ3) is 3.69. The highest BCUT2D eigenvalue weighted by atomic mass is 16.5. The van der Waals surface area contributed by atoms with Gasteiger partial charge in [-0.25, -0.2) is 0 Å². The number of rotatable bonds is 4. The molecule has 0 aromatic rings. The van der Waals surface area contributed by atoms with E-state index in [2.05, 4.69) is 43.1 Å². The molecule has 0 aromatic heterocycles. The fraction of sp³-hybridized carbons (Fsp3) is 1.00. The van der Waals surface area contributed by atoms with Crippen molar-refractivity contribution in [3.8, 4) is 0 Å². The summed E-state index contributed by atoms with van der Waals surface area (Å²) in [6.07, 6.45) is 2.39. The van der Waals surface area contributed by atoms with E-state index in [9.17, 15) is 0 Å². The Bertz CT molecular complexity index is 261. The fourth-order valence-corrected chi connectivity index (χ4v) is 3.69. The lowest BCUT2D eigenvalue weighted by molar-refractivity contribution is -0.0244. The molecule has 2 unspecified atom stereocenters. The van der Waals surface area contributed by atoms with Gasteiger partial charge < -0.3 is 10.1 Å². The van der Waals surface area contributed by atoms with Crippen LogP contribution < -0.4 is 5.32 Å². The lowest BCUT2D eigenvalue weighted by Gasteiger charge is -2.47. The molecular weight excluding hydrogens is 238 g/mol. The van der Waals surface area contributed by atoms with Gasteiger partial charge in [-0.2, -0.15) is 0 Å². The van der Waals surface area contributed by atoms with Gasteiger partial charge in [0, 0.05) is 51.5 Å². The molecule has 2 atom stereocenters. The number of ether oxygens (including phenoxy) is 1. The van der Waals surface area contributed by atoms with Crippen LogP contribution in [0.4, 0.5) is 0 Å². The fourth-order valence-electron chi connectivity index (χ4n) is 3.69. The maximum absolute atomic E-state index is 5.57. The Labute approximate surface area is 118 Å². The van der Waals surface area contributed by atoms with Crippen LogP contribution in [-0.4, -0.2) is 75.4 Å². The second kappa shape index (κ2) is 6.53. The van der Waals surface area contributed by atoms with Crippen molar-refractivity contribution < 1.29 is 4.74 Å². The molecule has 0 saturated carbocycles. The van der Waals surface area contributed by atoms with Gasteiger partial charge in [0.2, 0.25) is 0 Å². The van der Waals surface area contributed by atoms with Crippen LogP contribution in [0, 0.1) is 5.41 Å². The second-order valence-corrected chi connectivity index (χ2v) is 6.70. The number of piperazine rings is 1. The van der Waals surface area contributed by atoms with Crippen LogP contribution in [0.3, 0.4) is 0 Å². The summed E-state index contributed by atoms with van der Waals surface area (Å²) in [5.41, 5.74) is 0.419. The molecule has 2 heterocycles. The van der Waals surface area contributed by atoms with E-state index >= 15 is 0 Å². The van der Waals surface area contributed by atoms with Gasteiger partial charge >= 0.3 is 0 Å². The smallest absolute Gasteiger partial charge is 0.0472 e. The van der Waals surface area contributed by atoms with Gasteiger partial charge in [-0.3, -0.25) is 9.80 Å². The number of hydrogen-bond acceptors (Lipinski definition) is 4. The van der Waals surface area contributed by atoms with E-state index in [0.29, 0.717) is 17.5 Å². The number of likely N-dealkylation sites (N-methyl/N-ethyl adjacent to an activating group) is 1. The van der Waals surface area contributed by atoms with Gasteiger partial charge in [0.15, 0.2) is 0 Å². The van der Waals surface area contributed by atoms with Crippen LogP contribution >= 0.6 is 0 Å². The Morgan fingerprint density at radius 3 is 2.26 bits per heavy atom. The summed E-state index contributed by atoms with van der Waals surface area (Å²) < 4.78 is 5.57. The molecule has 0 radical (unpaired) electrons. The van der Waals surface area contributed by atoms with Gasteiger partial charge in [-0.05, 0) is 46.2 Å². The van der Waals surface area contributed by atoms with Crippen LogP contribution in [0.1, 0.15) is 26.7 Å². The van der Waals surface area contributed by atoms with Crippen molar-refractivity contribution >= 4 is 0 Å². The van der Waals surface area contributed by atoms with E-state index in [-0.39, 0.29) is 0 Å². The SMILES string of the molecule is CNCC1(CN2CC(C)N(C)C(C)C2)CCOCC1. The predicted octanol–water partition coefficient (Wildman–Crippen LogP) is 1.03. The molecule has 0 amide bonds. The molecule has 0 aliphatic carbocycles. The summed E-state index contributed by atoms with van der Waals surface area (Å²) in [5, 5.41) is 3.41. The Morgan fingerprint density at radius 1 is 1.16 bits per heavy atom. The third-order valence-corrected chi connectivity index (χ3v) is 5.10. The molecule has 1 N–H and O–H groups in total. The molecule has 0 bridgehead atoms. The zero-order valence-corrected chi connectivity index (χ0v) is 13.1. The minimum absolute atomic E-state index is 0.419. The molecule has 4 heteroatoms. The Hall–Kier alpha value is -0.160. The van der Waals surface area contributed by atoms with Gasteiger partial charge in [-0.15, -0.1) is 0 Å².